The van der Waals surface area contributed by atoms with Crippen LogP contribution in [-0.2, 0) is 22.7 Å². The molecule has 0 saturated carbocycles. The molecule has 0 atom stereocenters. The number of carbonyl (C=O) groups excluding carboxylic acids is 2. The largest absolute Gasteiger partial charge is 0.332 e. The lowest BCUT2D eigenvalue weighted by Crippen LogP contribution is -2.50. The van der Waals surface area contributed by atoms with E-state index in [-0.39, 0.29) is 18.4 Å². The maximum absolute atomic E-state index is 13.4. The average molecular weight is 447 g/mol. The van der Waals surface area contributed by atoms with Gasteiger partial charge in [0.25, 0.3) is 0 Å². The summed E-state index contributed by atoms with van der Waals surface area (Å²) in [6.07, 6.45) is 3.34. The third-order valence-electron chi connectivity index (χ3n) is 5.08. The summed E-state index contributed by atoms with van der Waals surface area (Å²) >= 11 is 1.63. The molecule has 0 fully saturated rings. The van der Waals surface area contributed by atoms with Gasteiger partial charge in [0.05, 0.1) is 6.54 Å². The van der Waals surface area contributed by atoms with Crippen LogP contribution in [-0.4, -0.2) is 33.7 Å². The first-order chi connectivity index (χ1) is 15.3. The molecule has 0 aliphatic heterocycles. The van der Waals surface area contributed by atoms with Gasteiger partial charge in [0, 0.05) is 23.0 Å². The minimum Gasteiger partial charge on any atom is -0.332 e. The number of rotatable bonds is 8. The van der Waals surface area contributed by atoms with Crippen molar-refractivity contribution in [1.82, 2.24) is 9.80 Å². The molecule has 0 radical (unpaired) electrons. The van der Waals surface area contributed by atoms with Gasteiger partial charge in [0.15, 0.2) is 0 Å². The van der Waals surface area contributed by atoms with Crippen LogP contribution in [0.3, 0.4) is 0 Å². The lowest BCUT2D eigenvalue weighted by Gasteiger charge is -2.36. The monoisotopic (exact) mass is 446 g/mol. The first kappa shape index (κ1) is 23.5. The van der Waals surface area contributed by atoms with Gasteiger partial charge in [-0.1, -0.05) is 66.7 Å². The summed E-state index contributed by atoms with van der Waals surface area (Å²) in [5.41, 5.74) is 1.52. The molecule has 0 N–H and O–H groups in total. The van der Waals surface area contributed by atoms with Crippen molar-refractivity contribution in [3.8, 4) is 0 Å². The fourth-order valence-corrected chi connectivity index (χ4v) is 4.05. The van der Waals surface area contributed by atoms with Crippen molar-refractivity contribution in [2.24, 2.45) is 0 Å². The van der Waals surface area contributed by atoms with Gasteiger partial charge in [-0.15, -0.1) is 11.3 Å². The molecule has 3 rings (SSSR count). The SMILES string of the molecule is CC(C)(C)N(CC(=O)N(Cc1ccccc1)Cc1cccs1)C(=O)/C=C/c1ccccc1. The van der Waals surface area contributed by atoms with Gasteiger partial charge in [0.1, 0.15) is 6.54 Å². The summed E-state index contributed by atoms with van der Waals surface area (Å²) in [6.45, 7) is 6.92. The van der Waals surface area contributed by atoms with Crippen LogP contribution in [0.4, 0.5) is 0 Å². The highest BCUT2D eigenvalue weighted by molar-refractivity contribution is 7.09. The molecule has 0 aliphatic carbocycles. The predicted molar refractivity (Wildman–Crippen MR) is 132 cm³/mol. The average Bonchev–Trinajstić information content (AvgIpc) is 3.29. The Hall–Kier alpha value is -3.18. The van der Waals surface area contributed by atoms with Gasteiger partial charge < -0.3 is 9.80 Å². The zero-order chi connectivity index (χ0) is 23.0. The molecule has 1 heterocycles. The van der Waals surface area contributed by atoms with Crippen molar-refractivity contribution >= 4 is 29.2 Å². The maximum atomic E-state index is 13.4. The van der Waals surface area contributed by atoms with E-state index in [9.17, 15) is 9.59 Å². The molecule has 0 spiro atoms. The van der Waals surface area contributed by atoms with Crippen molar-refractivity contribution in [3.63, 3.8) is 0 Å². The molecule has 32 heavy (non-hydrogen) atoms. The zero-order valence-electron chi connectivity index (χ0n) is 18.9. The number of nitrogens with zero attached hydrogens (tertiary/aromatic N) is 2. The van der Waals surface area contributed by atoms with E-state index >= 15 is 0 Å². The second kappa shape index (κ2) is 10.9. The van der Waals surface area contributed by atoms with E-state index in [1.165, 1.54) is 0 Å². The number of thiophene rings is 1. The highest BCUT2D eigenvalue weighted by atomic mass is 32.1. The second-order valence-electron chi connectivity index (χ2n) is 8.65. The molecular weight excluding hydrogens is 416 g/mol. The van der Waals surface area contributed by atoms with E-state index in [4.69, 9.17) is 0 Å². The van der Waals surface area contributed by atoms with Gasteiger partial charge in [-0.25, -0.2) is 0 Å². The molecule has 166 valence electrons. The first-order valence-corrected chi connectivity index (χ1v) is 11.6. The lowest BCUT2D eigenvalue weighted by atomic mass is 10.1. The molecule has 0 bridgehead atoms. The number of amides is 2. The topological polar surface area (TPSA) is 40.6 Å². The molecule has 2 amide bonds. The Labute approximate surface area is 194 Å². The molecule has 2 aromatic carbocycles. The molecule has 3 aromatic rings. The number of hydrogen-bond donors (Lipinski definition) is 0. The minimum absolute atomic E-state index is 0.0275. The highest BCUT2D eigenvalue weighted by Gasteiger charge is 2.29. The van der Waals surface area contributed by atoms with E-state index in [1.54, 1.807) is 28.4 Å². The first-order valence-electron chi connectivity index (χ1n) is 10.7. The quantitative estimate of drug-likeness (QED) is 0.422. The molecule has 1 aromatic heterocycles. The van der Waals surface area contributed by atoms with Crippen molar-refractivity contribution in [1.29, 1.82) is 0 Å². The smallest absolute Gasteiger partial charge is 0.247 e. The number of benzene rings is 2. The van der Waals surface area contributed by atoms with E-state index in [0.29, 0.717) is 13.1 Å². The summed E-state index contributed by atoms with van der Waals surface area (Å²) in [6, 6.07) is 23.7. The van der Waals surface area contributed by atoms with E-state index in [1.807, 2.05) is 104 Å². The zero-order valence-corrected chi connectivity index (χ0v) is 19.7. The van der Waals surface area contributed by atoms with E-state index in [2.05, 4.69) is 0 Å². The molecule has 0 saturated heterocycles. The molecule has 0 unspecified atom stereocenters. The van der Waals surface area contributed by atoms with Crippen molar-refractivity contribution in [3.05, 3.63) is 100 Å². The molecule has 4 nitrogen and oxygen atoms in total. The maximum Gasteiger partial charge on any atom is 0.247 e. The highest BCUT2D eigenvalue weighted by Crippen LogP contribution is 2.19. The fourth-order valence-electron chi connectivity index (χ4n) is 3.33. The van der Waals surface area contributed by atoms with Crippen LogP contribution in [0.5, 0.6) is 0 Å². The van der Waals surface area contributed by atoms with Crippen LogP contribution >= 0.6 is 11.3 Å². The van der Waals surface area contributed by atoms with Crippen LogP contribution in [0.2, 0.25) is 0 Å². The summed E-state index contributed by atoms with van der Waals surface area (Å²) in [5.74, 6) is -0.246. The van der Waals surface area contributed by atoms with E-state index < -0.39 is 5.54 Å². The number of hydrogen-bond acceptors (Lipinski definition) is 3. The molecule has 5 heteroatoms. The van der Waals surface area contributed by atoms with Gasteiger partial charge >= 0.3 is 0 Å². The summed E-state index contributed by atoms with van der Waals surface area (Å²) < 4.78 is 0. The van der Waals surface area contributed by atoms with Gasteiger partial charge in [0.2, 0.25) is 11.8 Å². The third-order valence-corrected chi connectivity index (χ3v) is 5.94. The Morgan fingerprint density at radius 1 is 0.875 bits per heavy atom. The van der Waals surface area contributed by atoms with Crippen molar-refractivity contribution in [2.75, 3.05) is 6.54 Å². The summed E-state index contributed by atoms with van der Waals surface area (Å²) in [5, 5.41) is 2.01. The van der Waals surface area contributed by atoms with Crippen LogP contribution < -0.4 is 0 Å². The second-order valence-corrected chi connectivity index (χ2v) is 9.69. The summed E-state index contributed by atoms with van der Waals surface area (Å²) in [4.78, 5) is 31.1. The predicted octanol–water partition coefficient (Wildman–Crippen LogP) is 5.62. The van der Waals surface area contributed by atoms with E-state index in [0.717, 1.165) is 16.0 Å². The van der Waals surface area contributed by atoms with Gasteiger partial charge in [-0.05, 0) is 49.4 Å². The standard InChI is InChI=1S/C27H30N2O2S/c1-27(2,3)29(25(30)17-16-22-11-6-4-7-12-22)21-26(31)28(20-24-15-10-18-32-24)19-23-13-8-5-9-14-23/h4-18H,19-21H2,1-3H3/b17-16+. The van der Waals surface area contributed by atoms with Crippen LogP contribution in [0.1, 0.15) is 36.8 Å². The van der Waals surface area contributed by atoms with Crippen molar-refractivity contribution < 1.29 is 9.59 Å². The van der Waals surface area contributed by atoms with Gasteiger partial charge in [-0.3, -0.25) is 9.59 Å². The fraction of sp³-hybridized carbons (Fsp3) is 0.259. The van der Waals surface area contributed by atoms with Crippen LogP contribution in [0.15, 0.2) is 84.3 Å². The van der Waals surface area contributed by atoms with Crippen molar-refractivity contribution in [2.45, 2.75) is 39.4 Å². The normalized spacial score (nSPS) is 11.5. The Bertz CT molecular complexity index is 1020. The van der Waals surface area contributed by atoms with Gasteiger partial charge in [-0.2, -0.15) is 0 Å². The van der Waals surface area contributed by atoms with Crippen LogP contribution in [0, 0.1) is 0 Å². The Morgan fingerprint density at radius 2 is 1.53 bits per heavy atom. The molecule has 0 aliphatic rings. The Morgan fingerprint density at radius 3 is 2.12 bits per heavy atom. The van der Waals surface area contributed by atoms with Crippen LogP contribution in [0.25, 0.3) is 6.08 Å². The Kier molecular flexibility index (Phi) is 8.01. The minimum atomic E-state index is -0.491. The third kappa shape index (κ3) is 6.92. The number of carbonyl (C=O) groups is 2. The molecular formula is C27H30N2O2S. The lowest BCUT2D eigenvalue weighted by molar-refractivity contribution is -0.142. The summed E-state index contributed by atoms with van der Waals surface area (Å²) in [7, 11) is 0. The Balaban J connectivity index is 1.78.